The van der Waals surface area contributed by atoms with Gasteiger partial charge in [-0.3, -0.25) is 4.79 Å². The van der Waals surface area contributed by atoms with Crippen molar-refractivity contribution in [3.8, 4) is 5.75 Å². The lowest BCUT2D eigenvalue weighted by atomic mass is 9.89. The van der Waals surface area contributed by atoms with Crippen molar-refractivity contribution in [2.24, 2.45) is 5.92 Å². The fraction of sp³-hybridized carbons (Fsp3) is 0.300. The van der Waals surface area contributed by atoms with E-state index in [1.807, 2.05) is 0 Å². The van der Waals surface area contributed by atoms with Gasteiger partial charge >= 0.3 is 6.61 Å². The van der Waals surface area contributed by atoms with E-state index in [1.165, 1.54) is 10.9 Å². The van der Waals surface area contributed by atoms with Crippen LogP contribution < -0.4 is 10.3 Å². The number of benzene rings is 1. The van der Waals surface area contributed by atoms with Crippen LogP contribution in [0.5, 0.6) is 5.75 Å². The van der Waals surface area contributed by atoms with Gasteiger partial charge in [-0.05, 0) is 49.0 Å². The summed E-state index contributed by atoms with van der Waals surface area (Å²) in [6.45, 7) is -0.674. The molecule has 1 atom stereocenters. The minimum Gasteiger partial charge on any atom is -0.434 e. The molecule has 1 N–H and O–H groups in total. The highest BCUT2D eigenvalue weighted by Gasteiger charge is 2.22. The summed E-state index contributed by atoms with van der Waals surface area (Å²) in [5.74, 6) is 1.09. The van der Waals surface area contributed by atoms with Gasteiger partial charge in [0.1, 0.15) is 16.4 Å². The predicted octanol–water partition coefficient (Wildman–Crippen LogP) is 4.88. The zero-order valence-corrected chi connectivity index (χ0v) is 15.5. The van der Waals surface area contributed by atoms with Gasteiger partial charge in [-0.2, -0.15) is 8.78 Å². The number of aromatic amines is 1. The molecule has 7 heteroatoms. The standard InChI is InChI=1S/C20H18F2N2O2S/c1-11-6-8-13-15(10-11)27-19-17(13)18(25)23-16(24-19)9-7-12-4-2-3-5-14(12)26-20(21)22/h2-5,7,9,11,20H,6,8,10H2,1H3,(H,23,24,25)/b9-7+/t11-/m1/s1. The zero-order valence-electron chi connectivity index (χ0n) is 14.7. The molecule has 3 aromatic rings. The first kappa shape index (κ1) is 17.9. The van der Waals surface area contributed by atoms with Crippen LogP contribution in [0.3, 0.4) is 0 Å². The summed E-state index contributed by atoms with van der Waals surface area (Å²) in [5, 5.41) is 0.695. The third-order valence-corrected chi connectivity index (χ3v) is 5.89. The molecule has 27 heavy (non-hydrogen) atoms. The molecule has 4 nitrogen and oxygen atoms in total. The molecule has 140 valence electrons. The summed E-state index contributed by atoms with van der Waals surface area (Å²) in [7, 11) is 0. The number of hydrogen-bond donors (Lipinski definition) is 1. The topological polar surface area (TPSA) is 55.0 Å². The highest BCUT2D eigenvalue weighted by molar-refractivity contribution is 7.18. The number of ether oxygens (including phenoxy) is 1. The second kappa shape index (κ2) is 7.23. The third kappa shape index (κ3) is 3.64. The molecule has 0 amide bonds. The van der Waals surface area contributed by atoms with Crippen LogP contribution in [0, 0.1) is 5.92 Å². The van der Waals surface area contributed by atoms with E-state index in [0.717, 1.165) is 29.7 Å². The van der Waals surface area contributed by atoms with Crippen LogP contribution in [0.1, 0.15) is 35.2 Å². The Morgan fingerprint density at radius 3 is 2.96 bits per heavy atom. The van der Waals surface area contributed by atoms with Crippen molar-refractivity contribution in [1.29, 1.82) is 0 Å². The number of fused-ring (bicyclic) bond motifs is 3. The van der Waals surface area contributed by atoms with Crippen LogP contribution in [-0.4, -0.2) is 16.6 Å². The highest BCUT2D eigenvalue weighted by atomic mass is 32.1. The molecule has 0 spiro atoms. The summed E-state index contributed by atoms with van der Waals surface area (Å²) >= 11 is 1.58. The van der Waals surface area contributed by atoms with Gasteiger partial charge in [0.25, 0.3) is 5.56 Å². The van der Waals surface area contributed by atoms with Crippen molar-refractivity contribution in [2.45, 2.75) is 32.8 Å². The Morgan fingerprint density at radius 2 is 2.15 bits per heavy atom. The Hall–Kier alpha value is -2.54. The highest BCUT2D eigenvalue weighted by Crippen LogP contribution is 2.35. The lowest BCUT2D eigenvalue weighted by molar-refractivity contribution is -0.0499. The van der Waals surface area contributed by atoms with Gasteiger partial charge in [0.2, 0.25) is 0 Å². The minimum atomic E-state index is -2.89. The summed E-state index contributed by atoms with van der Waals surface area (Å²) in [5.41, 5.74) is 1.47. The molecule has 0 fully saturated rings. The number of thiophene rings is 1. The number of H-pyrrole nitrogens is 1. The van der Waals surface area contributed by atoms with E-state index in [9.17, 15) is 13.6 Å². The lowest BCUT2D eigenvalue weighted by Crippen LogP contribution is -2.13. The molecule has 4 rings (SSSR count). The first-order valence-electron chi connectivity index (χ1n) is 8.77. The van der Waals surface area contributed by atoms with E-state index in [4.69, 9.17) is 0 Å². The molecular formula is C20H18F2N2O2S. The number of hydrogen-bond acceptors (Lipinski definition) is 4. The average Bonchev–Trinajstić information content (AvgIpc) is 2.98. The predicted molar refractivity (Wildman–Crippen MR) is 103 cm³/mol. The Balaban J connectivity index is 1.70. The Kier molecular flexibility index (Phi) is 4.78. The van der Waals surface area contributed by atoms with E-state index in [1.54, 1.807) is 41.7 Å². The van der Waals surface area contributed by atoms with Crippen molar-refractivity contribution < 1.29 is 13.5 Å². The van der Waals surface area contributed by atoms with Crippen LogP contribution in [-0.2, 0) is 12.8 Å². The molecule has 0 unspecified atom stereocenters. The minimum absolute atomic E-state index is 0.0766. The molecule has 2 heterocycles. The monoisotopic (exact) mass is 388 g/mol. The second-order valence-corrected chi connectivity index (χ2v) is 7.82. The SMILES string of the molecule is C[C@@H]1CCc2c(sc3nc(/C=C/c4ccccc4OC(F)F)[nH]c(=O)c23)C1. The van der Waals surface area contributed by atoms with Crippen molar-refractivity contribution in [2.75, 3.05) is 0 Å². The molecule has 0 saturated heterocycles. The lowest BCUT2D eigenvalue weighted by Gasteiger charge is -2.17. The Bertz CT molecular complexity index is 1070. The molecule has 2 aromatic heterocycles. The van der Waals surface area contributed by atoms with Crippen molar-refractivity contribution >= 4 is 33.7 Å². The van der Waals surface area contributed by atoms with E-state index >= 15 is 0 Å². The van der Waals surface area contributed by atoms with E-state index in [-0.39, 0.29) is 11.3 Å². The normalized spacial score (nSPS) is 17.0. The quantitative estimate of drug-likeness (QED) is 0.693. The molecule has 1 aliphatic rings. The van der Waals surface area contributed by atoms with Gasteiger partial charge in [0.05, 0.1) is 5.39 Å². The maximum atomic E-state index is 12.6. The molecule has 0 radical (unpaired) electrons. The van der Waals surface area contributed by atoms with Gasteiger partial charge in [0, 0.05) is 10.4 Å². The van der Waals surface area contributed by atoms with Gasteiger partial charge in [-0.25, -0.2) is 4.98 Å². The van der Waals surface area contributed by atoms with Gasteiger partial charge in [0.15, 0.2) is 0 Å². The Labute approximate surface area is 158 Å². The van der Waals surface area contributed by atoms with Crippen LogP contribution in [0.4, 0.5) is 8.78 Å². The average molecular weight is 388 g/mol. The molecule has 1 aliphatic carbocycles. The van der Waals surface area contributed by atoms with Gasteiger partial charge in [-0.15, -0.1) is 11.3 Å². The number of aromatic nitrogens is 2. The van der Waals surface area contributed by atoms with Crippen molar-refractivity contribution in [1.82, 2.24) is 9.97 Å². The molecule has 0 aliphatic heterocycles. The summed E-state index contributed by atoms with van der Waals surface area (Å²) in [6, 6.07) is 6.49. The van der Waals surface area contributed by atoms with Crippen LogP contribution in [0.25, 0.3) is 22.4 Å². The number of nitrogens with zero attached hydrogens (tertiary/aromatic N) is 1. The van der Waals surface area contributed by atoms with E-state index in [2.05, 4.69) is 21.6 Å². The van der Waals surface area contributed by atoms with Crippen LogP contribution >= 0.6 is 11.3 Å². The second-order valence-electron chi connectivity index (χ2n) is 6.73. The van der Waals surface area contributed by atoms with Crippen LogP contribution in [0.15, 0.2) is 29.1 Å². The summed E-state index contributed by atoms with van der Waals surface area (Å²) in [6.07, 6.45) is 6.20. The maximum absolute atomic E-state index is 12.6. The molecule has 0 bridgehead atoms. The van der Waals surface area contributed by atoms with E-state index in [0.29, 0.717) is 22.7 Å². The number of rotatable bonds is 4. The van der Waals surface area contributed by atoms with Gasteiger partial charge < -0.3 is 9.72 Å². The van der Waals surface area contributed by atoms with Crippen molar-refractivity contribution in [3.63, 3.8) is 0 Å². The van der Waals surface area contributed by atoms with Crippen molar-refractivity contribution in [3.05, 3.63) is 56.4 Å². The number of para-hydroxylation sites is 1. The Morgan fingerprint density at radius 1 is 1.33 bits per heavy atom. The van der Waals surface area contributed by atoms with Crippen LogP contribution in [0.2, 0.25) is 0 Å². The number of alkyl halides is 2. The summed E-state index contributed by atoms with van der Waals surface area (Å²) < 4.78 is 29.6. The molecule has 0 saturated carbocycles. The largest absolute Gasteiger partial charge is 0.434 e. The first-order chi connectivity index (χ1) is 13.0. The zero-order chi connectivity index (χ0) is 19.0. The number of nitrogens with one attached hydrogen (secondary N) is 1. The first-order valence-corrected chi connectivity index (χ1v) is 9.59. The smallest absolute Gasteiger partial charge is 0.387 e. The summed E-state index contributed by atoms with van der Waals surface area (Å²) in [4.78, 5) is 21.9. The molecular weight excluding hydrogens is 370 g/mol. The van der Waals surface area contributed by atoms with Gasteiger partial charge in [-0.1, -0.05) is 25.1 Å². The maximum Gasteiger partial charge on any atom is 0.387 e. The third-order valence-electron chi connectivity index (χ3n) is 4.74. The fourth-order valence-electron chi connectivity index (χ4n) is 3.43. The van der Waals surface area contributed by atoms with E-state index < -0.39 is 6.61 Å². The number of halogens is 2. The number of aryl methyl sites for hydroxylation is 1. The molecule has 1 aromatic carbocycles. The fourth-order valence-corrected chi connectivity index (χ4v) is 4.83.